The van der Waals surface area contributed by atoms with E-state index in [1.54, 1.807) is 6.07 Å². The monoisotopic (exact) mass is 186 g/mol. The van der Waals surface area contributed by atoms with E-state index >= 15 is 0 Å². The molecule has 0 atom stereocenters. The standard InChI is InChI=1S/C12H10O2/c13-12-10-4-2-1-3-9(10)7-11(14-12)8-5-6-8/h1-4,7-8H,5-6H2. The Balaban J connectivity index is 2.33. The fraction of sp³-hybridized carbons (Fsp3) is 0.250. The maximum absolute atomic E-state index is 11.6. The summed E-state index contributed by atoms with van der Waals surface area (Å²) in [5.74, 6) is 1.35. The molecule has 1 aliphatic carbocycles. The highest BCUT2D eigenvalue weighted by atomic mass is 16.4. The number of rotatable bonds is 1. The van der Waals surface area contributed by atoms with Gasteiger partial charge in [-0.25, -0.2) is 4.79 Å². The van der Waals surface area contributed by atoms with Crippen molar-refractivity contribution in [2.45, 2.75) is 18.8 Å². The molecule has 3 rings (SSSR count). The zero-order valence-electron chi connectivity index (χ0n) is 7.69. The smallest absolute Gasteiger partial charge is 0.343 e. The van der Waals surface area contributed by atoms with Gasteiger partial charge in [0.2, 0.25) is 0 Å². The van der Waals surface area contributed by atoms with Crippen LogP contribution in [-0.2, 0) is 0 Å². The van der Waals surface area contributed by atoms with E-state index in [0.717, 1.165) is 24.0 Å². The Hall–Kier alpha value is -1.57. The van der Waals surface area contributed by atoms with Crippen molar-refractivity contribution in [2.75, 3.05) is 0 Å². The molecule has 0 amide bonds. The molecule has 0 N–H and O–H groups in total. The van der Waals surface area contributed by atoms with Gasteiger partial charge in [-0.3, -0.25) is 0 Å². The summed E-state index contributed by atoms with van der Waals surface area (Å²) < 4.78 is 5.26. The lowest BCUT2D eigenvalue weighted by Crippen LogP contribution is -2.00. The second-order valence-electron chi connectivity index (χ2n) is 3.80. The van der Waals surface area contributed by atoms with Crippen LogP contribution in [0.2, 0.25) is 0 Å². The van der Waals surface area contributed by atoms with Crippen molar-refractivity contribution in [3.63, 3.8) is 0 Å². The van der Waals surface area contributed by atoms with Crippen molar-refractivity contribution < 1.29 is 4.42 Å². The summed E-state index contributed by atoms with van der Waals surface area (Å²) in [6.45, 7) is 0. The van der Waals surface area contributed by atoms with Gasteiger partial charge in [0.05, 0.1) is 5.39 Å². The lowest BCUT2D eigenvalue weighted by atomic mass is 10.1. The summed E-state index contributed by atoms with van der Waals surface area (Å²) in [5.41, 5.74) is -0.204. The maximum Gasteiger partial charge on any atom is 0.343 e. The van der Waals surface area contributed by atoms with Crippen LogP contribution in [0.15, 0.2) is 39.5 Å². The Labute approximate surface area is 81.2 Å². The second-order valence-corrected chi connectivity index (χ2v) is 3.80. The summed E-state index contributed by atoms with van der Waals surface area (Å²) in [5, 5.41) is 1.67. The fourth-order valence-electron chi connectivity index (χ4n) is 1.72. The van der Waals surface area contributed by atoms with Crippen molar-refractivity contribution in [1.29, 1.82) is 0 Å². The van der Waals surface area contributed by atoms with Crippen molar-refractivity contribution in [1.82, 2.24) is 0 Å². The Bertz CT molecular complexity index is 535. The predicted octanol–water partition coefficient (Wildman–Crippen LogP) is 2.67. The van der Waals surface area contributed by atoms with Crippen LogP contribution >= 0.6 is 0 Å². The van der Waals surface area contributed by atoms with Crippen molar-refractivity contribution in [3.8, 4) is 0 Å². The Kier molecular flexibility index (Phi) is 1.51. The molecule has 0 unspecified atom stereocenters. The van der Waals surface area contributed by atoms with Crippen LogP contribution in [0.25, 0.3) is 10.8 Å². The van der Waals surface area contributed by atoms with Gasteiger partial charge in [0, 0.05) is 5.92 Å². The maximum atomic E-state index is 11.6. The van der Waals surface area contributed by atoms with Crippen molar-refractivity contribution in [2.24, 2.45) is 0 Å². The highest BCUT2D eigenvalue weighted by molar-refractivity contribution is 5.81. The molecule has 1 fully saturated rings. The van der Waals surface area contributed by atoms with E-state index in [2.05, 4.69) is 0 Å². The summed E-state index contributed by atoms with van der Waals surface area (Å²) >= 11 is 0. The number of hydrogen-bond donors (Lipinski definition) is 0. The van der Waals surface area contributed by atoms with Crippen LogP contribution in [0.1, 0.15) is 24.5 Å². The fourth-order valence-corrected chi connectivity index (χ4v) is 1.72. The van der Waals surface area contributed by atoms with Gasteiger partial charge in [-0.1, -0.05) is 18.2 Å². The minimum Gasteiger partial charge on any atom is -0.427 e. The van der Waals surface area contributed by atoms with Crippen molar-refractivity contribution >= 4 is 10.8 Å². The van der Waals surface area contributed by atoms with Gasteiger partial charge < -0.3 is 4.42 Å². The van der Waals surface area contributed by atoms with Gasteiger partial charge in [-0.15, -0.1) is 0 Å². The third-order valence-corrected chi connectivity index (χ3v) is 2.67. The average Bonchev–Trinajstić information content (AvgIpc) is 3.01. The lowest BCUT2D eigenvalue weighted by molar-refractivity contribution is 0.469. The van der Waals surface area contributed by atoms with Crippen LogP contribution in [0.3, 0.4) is 0 Å². The molecule has 0 saturated heterocycles. The molecule has 1 aromatic heterocycles. The van der Waals surface area contributed by atoms with Gasteiger partial charge in [-0.2, -0.15) is 0 Å². The first-order valence-corrected chi connectivity index (χ1v) is 4.87. The van der Waals surface area contributed by atoms with Gasteiger partial charge in [0.15, 0.2) is 0 Å². The molecule has 2 nitrogen and oxygen atoms in total. The lowest BCUT2D eigenvalue weighted by Gasteiger charge is -1.99. The average molecular weight is 186 g/mol. The Morgan fingerprint density at radius 2 is 2.00 bits per heavy atom. The Morgan fingerprint density at radius 3 is 2.79 bits per heavy atom. The van der Waals surface area contributed by atoms with Gasteiger partial charge in [0.25, 0.3) is 0 Å². The van der Waals surface area contributed by atoms with E-state index in [0.29, 0.717) is 11.3 Å². The van der Waals surface area contributed by atoms with E-state index in [9.17, 15) is 4.79 Å². The quantitative estimate of drug-likeness (QED) is 0.685. The number of fused-ring (bicyclic) bond motifs is 1. The third-order valence-electron chi connectivity index (χ3n) is 2.67. The van der Waals surface area contributed by atoms with Gasteiger partial charge in [-0.05, 0) is 30.4 Å². The summed E-state index contributed by atoms with van der Waals surface area (Å²) in [6.07, 6.45) is 2.31. The number of hydrogen-bond acceptors (Lipinski definition) is 2. The van der Waals surface area contributed by atoms with Crippen molar-refractivity contribution in [3.05, 3.63) is 46.5 Å². The van der Waals surface area contributed by atoms with Crippen LogP contribution in [0.5, 0.6) is 0 Å². The van der Waals surface area contributed by atoms with Crippen LogP contribution in [0, 0.1) is 0 Å². The molecular formula is C12H10O2. The highest BCUT2D eigenvalue weighted by Gasteiger charge is 2.26. The largest absolute Gasteiger partial charge is 0.427 e. The normalized spacial score (nSPS) is 16.0. The molecule has 1 heterocycles. The minimum absolute atomic E-state index is 0.204. The highest BCUT2D eigenvalue weighted by Crippen LogP contribution is 2.40. The van der Waals surface area contributed by atoms with Crippen LogP contribution in [-0.4, -0.2) is 0 Å². The summed E-state index contributed by atoms with van der Waals surface area (Å²) in [4.78, 5) is 11.6. The molecule has 1 aliphatic rings. The molecule has 2 aromatic rings. The molecule has 0 radical (unpaired) electrons. The molecule has 0 aliphatic heterocycles. The molecular weight excluding hydrogens is 176 g/mol. The van der Waals surface area contributed by atoms with E-state index in [4.69, 9.17) is 4.42 Å². The van der Waals surface area contributed by atoms with E-state index in [-0.39, 0.29) is 5.63 Å². The summed E-state index contributed by atoms with van der Waals surface area (Å²) in [7, 11) is 0. The SMILES string of the molecule is O=c1oc(C2CC2)cc2ccccc12. The van der Waals surface area contributed by atoms with Crippen LogP contribution in [0.4, 0.5) is 0 Å². The molecule has 0 bridgehead atoms. The topological polar surface area (TPSA) is 30.2 Å². The predicted molar refractivity (Wildman–Crippen MR) is 54.5 cm³/mol. The Morgan fingerprint density at radius 1 is 1.21 bits per heavy atom. The first-order valence-electron chi connectivity index (χ1n) is 4.87. The summed E-state index contributed by atoms with van der Waals surface area (Å²) in [6, 6.07) is 9.55. The molecule has 1 aromatic carbocycles. The molecule has 1 saturated carbocycles. The zero-order chi connectivity index (χ0) is 9.54. The van der Waals surface area contributed by atoms with Crippen LogP contribution < -0.4 is 5.63 Å². The zero-order valence-corrected chi connectivity index (χ0v) is 7.69. The molecule has 2 heteroatoms. The molecule has 0 spiro atoms. The molecule has 14 heavy (non-hydrogen) atoms. The van der Waals surface area contributed by atoms with Gasteiger partial charge >= 0.3 is 5.63 Å². The van der Waals surface area contributed by atoms with E-state index < -0.39 is 0 Å². The number of benzene rings is 1. The first-order chi connectivity index (χ1) is 6.84. The third kappa shape index (κ3) is 1.15. The second kappa shape index (κ2) is 2.71. The first kappa shape index (κ1) is 7.80. The minimum atomic E-state index is -0.204. The van der Waals surface area contributed by atoms with E-state index in [1.807, 2.05) is 24.3 Å². The van der Waals surface area contributed by atoms with E-state index in [1.165, 1.54) is 0 Å². The molecule has 70 valence electrons. The van der Waals surface area contributed by atoms with Gasteiger partial charge in [0.1, 0.15) is 5.76 Å².